The molecule has 2 aliphatic heterocycles. The van der Waals surface area contributed by atoms with Gasteiger partial charge in [-0.15, -0.1) is 11.8 Å². The van der Waals surface area contributed by atoms with Crippen molar-refractivity contribution in [1.82, 2.24) is 15.1 Å². The molecule has 1 fully saturated rings. The highest BCUT2D eigenvalue weighted by Crippen LogP contribution is 2.42. The lowest BCUT2D eigenvalue weighted by Crippen LogP contribution is -2.35. The number of aryl methyl sites for hydroxylation is 1. The summed E-state index contributed by atoms with van der Waals surface area (Å²) in [7, 11) is 0. The van der Waals surface area contributed by atoms with E-state index in [9.17, 15) is 4.79 Å². The summed E-state index contributed by atoms with van der Waals surface area (Å²) in [6, 6.07) is 8.75. The molecule has 3 heterocycles. The fourth-order valence-electron chi connectivity index (χ4n) is 3.34. The van der Waals surface area contributed by atoms with Gasteiger partial charge in [0.25, 0.3) is 0 Å². The van der Waals surface area contributed by atoms with E-state index in [2.05, 4.69) is 44.7 Å². The molecule has 0 saturated carbocycles. The SMILES string of the molecule is Cc1[nH]nc2c1C(c1ccc(CN3CCOCC3)cc1)SCC(=O)N2. The minimum Gasteiger partial charge on any atom is -0.379 e. The summed E-state index contributed by atoms with van der Waals surface area (Å²) in [4.78, 5) is 14.3. The van der Waals surface area contributed by atoms with Crippen LogP contribution in [0.1, 0.15) is 27.6 Å². The summed E-state index contributed by atoms with van der Waals surface area (Å²) in [5.41, 5.74) is 4.60. The lowest BCUT2D eigenvalue weighted by atomic mass is 10.0. The van der Waals surface area contributed by atoms with Crippen LogP contribution in [0.4, 0.5) is 5.82 Å². The lowest BCUT2D eigenvalue weighted by molar-refractivity contribution is -0.113. The number of anilines is 1. The molecule has 132 valence electrons. The molecule has 2 aliphatic rings. The van der Waals surface area contributed by atoms with Crippen LogP contribution in [-0.4, -0.2) is 53.1 Å². The van der Waals surface area contributed by atoms with Crippen molar-refractivity contribution >= 4 is 23.5 Å². The smallest absolute Gasteiger partial charge is 0.235 e. The molecule has 2 aromatic rings. The zero-order valence-corrected chi connectivity index (χ0v) is 15.1. The van der Waals surface area contributed by atoms with E-state index in [1.54, 1.807) is 11.8 Å². The number of carbonyl (C=O) groups excluding carboxylic acids is 1. The number of ether oxygens (including phenoxy) is 1. The van der Waals surface area contributed by atoms with Crippen molar-refractivity contribution in [3.63, 3.8) is 0 Å². The summed E-state index contributed by atoms with van der Waals surface area (Å²) in [6.07, 6.45) is 0. The average molecular weight is 358 g/mol. The molecule has 1 aromatic carbocycles. The monoisotopic (exact) mass is 358 g/mol. The minimum absolute atomic E-state index is 0.00388. The van der Waals surface area contributed by atoms with Crippen LogP contribution in [0.15, 0.2) is 24.3 Å². The minimum atomic E-state index is 0.00388. The molecule has 1 atom stereocenters. The number of aromatic nitrogens is 2. The van der Waals surface area contributed by atoms with Gasteiger partial charge in [-0.05, 0) is 18.1 Å². The van der Waals surface area contributed by atoms with Gasteiger partial charge in [-0.3, -0.25) is 14.8 Å². The van der Waals surface area contributed by atoms with Gasteiger partial charge in [0.1, 0.15) is 0 Å². The molecule has 6 nitrogen and oxygen atoms in total. The molecule has 1 amide bonds. The first-order chi connectivity index (χ1) is 12.2. The number of amides is 1. The number of H-pyrrole nitrogens is 1. The number of aromatic amines is 1. The number of nitrogens with zero attached hydrogens (tertiary/aromatic N) is 2. The zero-order chi connectivity index (χ0) is 17.2. The maximum absolute atomic E-state index is 11.9. The van der Waals surface area contributed by atoms with Gasteiger partial charge in [0.15, 0.2) is 5.82 Å². The van der Waals surface area contributed by atoms with Crippen LogP contribution >= 0.6 is 11.8 Å². The van der Waals surface area contributed by atoms with Crippen molar-refractivity contribution in [2.75, 3.05) is 37.4 Å². The fraction of sp³-hybridized carbons (Fsp3) is 0.444. The predicted octanol–water partition coefficient (Wildman–Crippen LogP) is 2.33. The van der Waals surface area contributed by atoms with Crippen LogP contribution in [0.5, 0.6) is 0 Å². The highest BCUT2D eigenvalue weighted by atomic mass is 32.2. The molecule has 0 bridgehead atoms. The molecule has 4 rings (SSSR count). The molecule has 1 unspecified atom stereocenters. The number of hydrogen-bond donors (Lipinski definition) is 2. The van der Waals surface area contributed by atoms with Gasteiger partial charge in [0.05, 0.1) is 24.2 Å². The Labute approximate surface area is 151 Å². The van der Waals surface area contributed by atoms with E-state index < -0.39 is 0 Å². The Morgan fingerprint density at radius 2 is 2.04 bits per heavy atom. The first-order valence-electron chi connectivity index (χ1n) is 8.56. The largest absolute Gasteiger partial charge is 0.379 e. The van der Waals surface area contributed by atoms with E-state index in [0.717, 1.165) is 44.1 Å². The van der Waals surface area contributed by atoms with Crippen LogP contribution in [0.3, 0.4) is 0 Å². The van der Waals surface area contributed by atoms with Crippen LogP contribution in [0.2, 0.25) is 0 Å². The second-order valence-corrected chi connectivity index (χ2v) is 7.57. The number of nitrogens with one attached hydrogen (secondary N) is 2. The van der Waals surface area contributed by atoms with Crippen molar-refractivity contribution in [3.05, 3.63) is 46.6 Å². The van der Waals surface area contributed by atoms with Gasteiger partial charge >= 0.3 is 0 Å². The molecule has 0 aliphatic carbocycles. The standard InChI is InChI=1S/C18H22N4O2S/c1-12-16-17(25-11-15(23)19-18(16)21-20-12)14-4-2-13(3-5-14)10-22-6-8-24-9-7-22/h2-5,17H,6-11H2,1H3,(H2,19,20,21,23). The molecule has 0 radical (unpaired) electrons. The van der Waals surface area contributed by atoms with Gasteiger partial charge in [0, 0.05) is 30.9 Å². The normalized spacial score (nSPS) is 21.5. The van der Waals surface area contributed by atoms with Gasteiger partial charge in [-0.1, -0.05) is 24.3 Å². The number of thioether (sulfide) groups is 1. The van der Waals surface area contributed by atoms with Gasteiger partial charge < -0.3 is 10.1 Å². The zero-order valence-electron chi connectivity index (χ0n) is 14.2. The Hall–Kier alpha value is -1.83. The first-order valence-corrected chi connectivity index (χ1v) is 9.61. The second-order valence-electron chi connectivity index (χ2n) is 6.48. The van der Waals surface area contributed by atoms with E-state index in [-0.39, 0.29) is 11.2 Å². The highest BCUT2D eigenvalue weighted by Gasteiger charge is 2.28. The third-order valence-corrected chi connectivity index (χ3v) is 5.96. The number of benzene rings is 1. The highest BCUT2D eigenvalue weighted by molar-refractivity contribution is 8.00. The van der Waals surface area contributed by atoms with Crippen LogP contribution in [0.25, 0.3) is 0 Å². The van der Waals surface area contributed by atoms with Gasteiger partial charge in [-0.25, -0.2) is 0 Å². The number of morpholine rings is 1. The first kappa shape index (κ1) is 16.6. The summed E-state index contributed by atoms with van der Waals surface area (Å²) in [5, 5.41) is 10.2. The Bertz CT molecular complexity index is 753. The van der Waals surface area contributed by atoms with Gasteiger partial charge in [-0.2, -0.15) is 5.10 Å². The Morgan fingerprint density at radius 3 is 2.80 bits per heavy atom. The maximum Gasteiger partial charge on any atom is 0.235 e. The lowest BCUT2D eigenvalue weighted by Gasteiger charge is -2.26. The molecular weight excluding hydrogens is 336 g/mol. The van der Waals surface area contributed by atoms with Crippen LogP contribution in [-0.2, 0) is 16.1 Å². The Morgan fingerprint density at radius 1 is 1.28 bits per heavy atom. The molecule has 1 aromatic heterocycles. The second kappa shape index (κ2) is 7.19. The molecule has 1 saturated heterocycles. The van der Waals surface area contributed by atoms with E-state index in [1.807, 2.05) is 6.92 Å². The van der Waals surface area contributed by atoms with E-state index >= 15 is 0 Å². The third kappa shape index (κ3) is 3.58. The van der Waals surface area contributed by atoms with Crippen molar-refractivity contribution in [3.8, 4) is 0 Å². The molecule has 7 heteroatoms. The number of fused-ring (bicyclic) bond motifs is 1. The summed E-state index contributed by atoms with van der Waals surface area (Å²) >= 11 is 1.65. The topological polar surface area (TPSA) is 70.2 Å². The van der Waals surface area contributed by atoms with Crippen molar-refractivity contribution in [2.24, 2.45) is 0 Å². The van der Waals surface area contributed by atoms with Crippen molar-refractivity contribution < 1.29 is 9.53 Å². The molecule has 0 spiro atoms. The van der Waals surface area contributed by atoms with E-state index in [0.29, 0.717) is 11.6 Å². The number of rotatable bonds is 3. The predicted molar refractivity (Wildman–Crippen MR) is 98.8 cm³/mol. The summed E-state index contributed by atoms with van der Waals surface area (Å²) in [6.45, 7) is 6.58. The fourth-order valence-corrected chi connectivity index (χ4v) is 4.54. The Balaban J connectivity index is 1.55. The van der Waals surface area contributed by atoms with E-state index in [1.165, 1.54) is 11.1 Å². The number of hydrogen-bond acceptors (Lipinski definition) is 5. The van der Waals surface area contributed by atoms with Gasteiger partial charge in [0.2, 0.25) is 5.91 Å². The van der Waals surface area contributed by atoms with Crippen LogP contribution < -0.4 is 5.32 Å². The maximum atomic E-state index is 11.9. The quantitative estimate of drug-likeness (QED) is 0.881. The summed E-state index contributed by atoms with van der Waals surface area (Å²) in [5.74, 6) is 1.11. The molecular formula is C18H22N4O2S. The van der Waals surface area contributed by atoms with Crippen molar-refractivity contribution in [2.45, 2.75) is 18.7 Å². The molecule has 25 heavy (non-hydrogen) atoms. The summed E-state index contributed by atoms with van der Waals surface area (Å²) < 4.78 is 5.41. The Kier molecular flexibility index (Phi) is 4.78. The van der Waals surface area contributed by atoms with Crippen molar-refractivity contribution in [1.29, 1.82) is 0 Å². The van der Waals surface area contributed by atoms with Crippen LogP contribution in [0, 0.1) is 6.92 Å². The number of carbonyl (C=O) groups is 1. The average Bonchev–Trinajstić information content (AvgIpc) is 2.88. The van der Waals surface area contributed by atoms with E-state index in [4.69, 9.17) is 4.74 Å². The molecule has 2 N–H and O–H groups in total. The third-order valence-electron chi connectivity index (χ3n) is 4.69.